The summed E-state index contributed by atoms with van der Waals surface area (Å²) < 4.78 is 0.578. The number of hydrogen-bond donors (Lipinski definition) is 1. The molecule has 0 atom stereocenters. The number of carbonyl (C=O) groups excluding carboxylic acids is 2. The van der Waals surface area contributed by atoms with Crippen LogP contribution in [0.25, 0.3) is 0 Å². The van der Waals surface area contributed by atoms with E-state index in [1.54, 1.807) is 12.1 Å². The number of nitrogens with one attached hydrogen (secondary N) is 1. The van der Waals surface area contributed by atoms with Crippen LogP contribution in [-0.2, 0) is 9.59 Å². The highest BCUT2D eigenvalue weighted by atomic mass is 35.5. The van der Waals surface area contributed by atoms with Crippen molar-refractivity contribution in [2.75, 3.05) is 5.32 Å². The van der Waals surface area contributed by atoms with Gasteiger partial charge < -0.3 is 5.32 Å². The van der Waals surface area contributed by atoms with Crippen LogP contribution in [0.2, 0.25) is 4.34 Å². The molecule has 0 aliphatic carbocycles. The van der Waals surface area contributed by atoms with Gasteiger partial charge in [0.1, 0.15) is 0 Å². The molecule has 5 heteroatoms. The summed E-state index contributed by atoms with van der Waals surface area (Å²) in [6.07, 6.45) is 0. The van der Waals surface area contributed by atoms with Crippen molar-refractivity contribution in [2.24, 2.45) is 0 Å². The van der Waals surface area contributed by atoms with Crippen LogP contribution >= 0.6 is 22.9 Å². The van der Waals surface area contributed by atoms with Crippen LogP contribution in [-0.4, -0.2) is 11.7 Å². The van der Waals surface area contributed by atoms with E-state index in [-0.39, 0.29) is 0 Å². The highest BCUT2D eigenvalue weighted by Crippen LogP contribution is 2.25. The molecule has 3 nitrogen and oxygen atoms in total. The Morgan fingerprint density at radius 3 is 2.58 bits per heavy atom. The van der Waals surface area contributed by atoms with E-state index in [9.17, 15) is 9.59 Å². The number of ketones is 1. The molecule has 1 heterocycles. The number of halogens is 1. The highest BCUT2D eigenvalue weighted by molar-refractivity contribution is 7.20. The van der Waals surface area contributed by atoms with Gasteiger partial charge in [0.25, 0.3) is 5.91 Å². The maximum atomic E-state index is 10.8. The molecule has 1 N–H and O–H groups in total. The monoisotopic (exact) mass is 203 g/mol. The molecule has 12 heavy (non-hydrogen) atoms. The Labute approximate surface area is 78.3 Å². The van der Waals surface area contributed by atoms with Gasteiger partial charge in [0.15, 0.2) is 0 Å². The van der Waals surface area contributed by atoms with Crippen molar-refractivity contribution in [1.29, 1.82) is 0 Å². The highest BCUT2D eigenvalue weighted by Gasteiger charge is 2.08. The summed E-state index contributed by atoms with van der Waals surface area (Å²) in [6.45, 7) is 1.21. The molecule has 1 aromatic rings. The summed E-state index contributed by atoms with van der Waals surface area (Å²) in [5, 5.41) is 2.99. The van der Waals surface area contributed by atoms with Crippen LogP contribution in [0, 0.1) is 0 Å². The smallest absolute Gasteiger partial charge is 0.292 e. The van der Waals surface area contributed by atoms with E-state index in [0.29, 0.717) is 9.34 Å². The van der Waals surface area contributed by atoms with Crippen molar-refractivity contribution in [1.82, 2.24) is 0 Å². The minimum atomic E-state index is -0.617. The zero-order valence-electron chi connectivity index (χ0n) is 6.26. The Kier molecular flexibility index (Phi) is 2.83. The first kappa shape index (κ1) is 9.22. The molecule has 1 rings (SSSR count). The predicted molar refractivity (Wildman–Crippen MR) is 48.6 cm³/mol. The molecule has 1 amide bonds. The van der Waals surface area contributed by atoms with E-state index in [4.69, 9.17) is 11.6 Å². The Morgan fingerprint density at radius 1 is 1.50 bits per heavy atom. The van der Waals surface area contributed by atoms with Crippen LogP contribution in [0.3, 0.4) is 0 Å². The largest absolute Gasteiger partial charge is 0.311 e. The van der Waals surface area contributed by atoms with E-state index in [1.165, 1.54) is 18.3 Å². The second-order valence-electron chi connectivity index (χ2n) is 2.11. The molecule has 0 bridgehead atoms. The van der Waals surface area contributed by atoms with Gasteiger partial charge in [-0.25, -0.2) is 0 Å². The topological polar surface area (TPSA) is 46.2 Å². The van der Waals surface area contributed by atoms with Gasteiger partial charge in [0, 0.05) is 6.92 Å². The fourth-order valence-electron chi connectivity index (χ4n) is 0.581. The Bertz CT molecular complexity index is 321. The van der Waals surface area contributed by atoms with E-state index < -0.39 is 11.7 Å². The lowest BCUT2D eigenvalue weighted by Gasteiger charge is -1.95. The maximum Gasteiger partial charge on any atom is 0.292 e. The van der Waals surface area contributed by atoms with Gasteiger partial charge in [-0.3, -0.25) is 9.59 Å². The van der Waals surface area contributed by atoms with Crippen molar-refractivity contribution >= 4 is 39.6 Å². The average molecular weight is 204 g/mol. The summed E-state index contributed by atoms with van der Waals surface area (Å²) in [5.74, 6) is -1.13. The zero-order chi connectivity index (χ0) is 9.14. The fraction of sp³-hybridized carbons (Fsp3) is 0.143. The molecule has 0 spiro atoms. The third-order valence-electron chi connectivity index (χ3n) is 1.13. The van der Waals surface area contributed by atoms with Gasteiger partial charge in [0.2, 0.25) is 5.78 Å². The minimum Gasteiger partial charge on any atom is -0.311 e. The molecule has 0 saturated carbocycles. The Hall–Kier alpha value is -0.870. The second kappa shape index (κ2) is 3.69. The number of hydrogen-bond acceptors (Lipinski definition) is 3. The van der Waals surface area contributed by atoms with E-state index >= 15 is 0 Å². The summed E-state index contributed by atoms with van der Waals surface area (Å²) in [5.41, 5.74) is 0. The SMILES string of the molecule is CC(=O)C(=O)Nc1ccc(Cl)s1. The van der Waals surface area contributed by atoms with Gasteiger partial charge in [0.05, 0.1) is 9.34 Å². The van der Waals surface area contributed by atoms with Crippen molar-refractivity contribution in [3.05, 3.63) is 16.5 Å². The van der Waals surface area contributed by atoms with Gasteiger partial charge in [-0.05, 0) is 12.1 Å². The van der Waals surface area contributed by atoms with E-state index in [0.717, 1.165) is 0 Å². The zero-order valence-corrected chi connectivity index (χ0v) is 7.83. The maximum absolute atomic E-state index is 10.8. The molecule has 0 aliphatic rings. The molecule has 0 unspecified atom stereocenters. The number of Topliss-reactive ketones (excluding diaryl/α,β-unsaturated/α-hetero) is 1. The normalized spacial score (nSPS) is 9.50. The van der Waals surface area contributed by atoms with Gasteiger partial charge in [-0.1, -0.05) is 11.6 Å². The number of thiophene rings is 1. The van der Waals surface area contributed by atoms with Crippen molar-refractivity contribution < 1.29 is 9.59 Å². The summed E-state index contributed by atoms with van der Waals surface area (Å²) >= 11 is 6.82. The molecule has 0 radical (unpaired) electrons. The summed E-state index contributed by atoms with van der Waals surface area (Å²) in [6, 6.07) is 3.30. The standard InChI is InChI=1S/C7H6ClNO2S/c1-4(10)7(11)9-6-3-2-5(8)12-6/h2-3H,1H3,(H,9,11). The molecular formula is C7H6ClNO2S. The lowest BCUT2D eigenvalue weighted by molar-refractivity contribution is -0.133. The lowest BCUT2D eigenvalue weighted by Crippen LogP contribution is -2.18. The second-order valence-corrected chi connectivity index (χ2v) is 3.83. The number of carbonyl (C=O) groups is 2. The summed E-state index contributed by atoms with van der Waals surface area (Å²) in [7, 11) is 0. The number of anilines is 1. The van der Waals surface area contributed by atoms with Gasteiger partial charge in [-0.2, -0.15) is 0 Å². The van der Waals surface area contributed by atoms with E-state index in [2.05, 4.69) is 5.32 Å². The Balaban J connectivity index is 2.64. The van der Waals surface area contributed by atoms with Crippen LogP contribution in [0.4, 0.5) is 5.00 Å². The first-order valence-corrected chi connectivity index (χ1v) is 4.36. The first-order valence-electron chi connectivity index (χ1n) is 3.17. The van der Waals surface area contributed by atoms with Crippen molar-refractivity contribution in [2.45, 2.75) is 6.92 Å². The lowest BCUT2D eigenvalue weighted by atomic mass is 10.4. The molecule has 0 aromatic carbocycles. The minimum absolute atomic E-state index is 0.514. The van der Waals surface area contributed by atoms with Crippen molar-refractivity contribution in [3.63, 3.8) is 0 Å². The third kappa shape index (κ3) is 2.32. The van der Waals surface area contributed by atoms with Gasteiger partial charge >= 0.3 is 0 Å². The van der Waals surface area contributed by atoms with Crippen molar-refractivity contribution in [3.8, 4) is 0 Å². The fourth-order valence-corrected chi connectivity index (χ4v) is 1.52. The quantitative estimate of drug-likeness (QED) is 0.747. The molecule has 0 aliphatic heterocycles. The molecule has 0 saturated heterocycles. The van der Waals surface area contributed by atoms with Crippen LogP contribution < -0.4 is 5.32 Å². The Morgan fingerprint density at radius 2 is 2.17 bits per heavy atom. The molecule has 64 valence electrons. The first-order chi connectivity index (χ1) is 5.59. The predicted octanol–water partition coefficient (Wildman–Crippen LogP) is 1.93. The van der Waals surface area contributed by atoms with Gasteiger partial charge in [-0.15, -0.1) is 11.3 Å². The third-order valence-corrected chi connectivity index (χ3v) is 2.28. The van der Waals surface area contributed by atoms with Crippen LogP contribution in [0.15, 0.2) is 12.1 Å². The number of rotatable bonds is 2. The molecule has 0 fully saturated rings. The van der Waals surface area contributed by atoms with Crippen LogP contribution in [0.5, 0.6) is 0 Å². The number of amides is 1. The molecule has 1 aromatic heterocycles. The van der Waals surface area contributed by atoms with Crippen LogP contribution in [0.1, 0.15) is 6.92 Å². The molecular weight excluding hydrogens is 198 g/mol. The summed E-state index contributed by atoms with van der Waals surface area (Å²) in [4.78, 5) is 21.3. The van der Waals surface area contributed by atoms with E-state index in [1.807, 2.05) is 0 Å². The average Bonchev–Trinajstić information content (AvgIpc) is 2.35.